The van der Waals surface area contributed by atoms with E-state index in [1.54, 1.807) is 30.1 Å². The van der Waals surface area contributed by atoms with E-state index in [0.29, 0.717) is 29.5 Å². The van der Waals surface area contributed by atoms with Crippen molar-refractivity contribution in [3.63, 3.8) is 0 Å². The van der Waals surface area contributed by atoms with Crippen LogP contribution in [-0.2, 0) is 0 Å². The molecule has 4 heterocycles. The molecule has 1 aromatic carbocycles. The number of hydrogen-bond acceptors (Lipinski definition) is 8. The Kier molecular flexibility index (Phi) is 4.94. The molecule has 0 aliphatic carbocycles. The molecule has 9 nitrogen and oxygen atoms in total. The van der Waals surface area contributed by atoms with E-state index in [1.165, 1.54) is 12.3 Å². The summed E-state index contributed by atoms with van der Waals surface area (Å²) in [5.41, 5.74) is 0.357. The van der Waals surface area contributed by atoms with Crippen LogP contribution in [0.25, 0.3) is 17.1 Å². The summed E-state index contributed by atoms with van der Waals surface area (Å²) in [6.07, 6.45) is 4.09. The highest BCUT2D eigenvalue weighted by molar-refractivity contribution is 5.66. The third-order valence-corrected chi connectivity index (χ3v) is 6.22. The van der Waals surface area contributed by atoms with Gasteiger partial charge in [0, 0.05) is 25.2 Å². The summed E-state index contributed by atoms with van der Waals surface area (Å²) in [4.78, 5) is 6.08. The first-order valence-corrected chi connectivity index (χ1v) is 10.3. The van der Waals surface area contributed by atoms with Crippen molar-refractivity contribution < 1.29 is 13.9 Å². The first kappa shape index (κ1) is 20.3. The first-order valence-electron chi connectivity index (χ1n) is 10.3. The van der Waals surface area contributed by atoms with Gasteiger partial charge in [0.1, 0.15) is 18.0 Å². The molecule has 2 N–H and O–H groups in total. The predicted octanol–water partition coefficient (Wildman–Crippen LogP) is 2.11. The number of nitrogens with one attached hydrogen (secondary N) is 1. The largest absolute Gasteiger partial charge is 0.507 e. The van der Waals surface area contributed by atoms with Crippen LogP contribution in [0.1, 0.15) is 25.0 Å². The van der Waals surface area contributed by atoms with Gasteiger partial charge in [0.25, 0.3) is 0 Å². The molecule has 0 unspecified atom stereocenters. The SMILES string of the molecule is CN(c1cnc(-c2ccc(-n3cc(F)c(C#N)n3)cc2O)nn1)[C@@H]1C[C@H]2CC[C@@H](N2)[C@@H]1F. The average Bonchev–Trinajstić information content (AvgIpc) is 3.39. The minimum Gasteiger partial charge on any atom is -0.507 e. The number of nitrogens with zero attached hydrogens (tertiary/aromatic N) is 7. The Morgan fingerprint density at radius 3 is 2.84 bits per heavy atom. The number of aromatic nitrogens is 5. The molecule has 5 rings (SSSR count). The van der Waals surface area contributed by atoms with Crippen LogP contribution in [0.4, 0.5) is 14.6 Å². The lowest BCUT2D eigenvalue weighted by molar-refractivity contribution is 0.176. The van der Waals surface area contributed by atoms with E-state index in [2.05, 4.69) is 25.6 Å². The zero-order valence-corrected chi connectivity index (χ0v) is 17.2. The predicted molar refractivity (Wildman–Crippen MR) is 110 cm³/mol. The van der Waals surface area contributed by atoms with Crippen LogP contribution in [-0.4, -0.2) is 61.4 Å². The van der Waals surface area contributed by atoms with Crippen molar-refractivity contribution in [3.8, 4) is 28.9 Å². The number of phenolic OH excluding ortho intramolecular Hbond substituents is 1. The molecule has 32 heavy (non-hydrogen) atoms. The summed E-state index contributed by atoms with van der Waals surface area (Å²) in [5.74, 6) is -0.258. The van der Waals surface area contributed by atoms with E-state index in [-0.39, 0.29) is 29.4 Å². The second kappa shape index (κ2) is 7.80. The Labute approximate surface area is 182 Å². The Morgan fingerprint density at radius 1 is 1.31 bits per heavy atom. The molecule has 2 aromatic heterocycles. The van der Waals surface area contributed by atoms with E-state index in [0.717, 1.165) is 23.7 Å². The van der Waals surface area contributed by atoms with Gasteiger partial charge < -0.3 is 15.3 Å². The number of nitriles is 1. The maximum atomic E-state index is 14.8. The zero-order chi connectivity index (χ0) is 22.4. The molecule has 11 heteroatoms. The molecule has 2 fully saturated rings. The van der Waals surface area contributed by atoms with Gasteiger partial charge in [0.2, 0.25) is 0 Å². The minimum atomic E-state index is -0.995. The van der Waals surface area contributed by atoms with Crippen LogP contribution in [0.15, 0.2) is 30.6 Å². The van der Waals surface area contributed by atoms with Crippen molar-refractivity contribution >= 4 is 5.82 Å². The standard InChI is InChI=1S/C21H20F2N8O/c1-30(17-6-11-2-5-15(26-11)20(17)23)19-9-25-21(28-27-19)13-4-3-12(7-18(13)32)31-10-14(22)16(8-24)29-31/h3-4,7,9-11,15,17,20,26,32H,2,5-6H2,1H3/t11-,15-,17-,20+/m1/s1. The minimum absolute atomic E-state index is 0.121. The van der Waals surface area contributed by atoms with Crippen LogP contribution < -0.4 is 10.2 Å². The summed E-state index contributed by atoms with van der Waals surface area (Å²) in [6, 6.07) is 6.07. The third-order valence-electron chi connectivity index (χ3n) is 6.22. The van der Waals surface area contributed by atoms with Gasteiger partial charge >= 0.3 is 0 Å². The van der Waals surface area contributed by atoms with Crippen LogP contribution >= 0.6 is 0 Å². The molecular weight excluding hydrogens is 418 g/mol. The van der Waals surface area contributed by atoms with Gasteiger partial charge in [0.15, 0.2) is 23.2 Å². The van der Waals surface area contributed by atoms with Crippen molar-refractivity contribution in [2.45, 2.75) is 43.6 Å². The van der Waals surface area contributed by atoms with Crippen LogP contribution in [0.5, 0.6) is 5.75 Å². The van der Waals surface area contributed by atoms with E-state index < -0.39 is 12.0 Å². The molecule has 164 valence electrons. The first-order chi connectivity index (χ1) is 15.4. The second-order valence-electron chi connectivity index (χ2n) is 8.13. The highest BCUT2D eigenvalue weighted by atomic mass is 19.1. The molecule has 3 aromatic rings. The Hall–Kier alpha value is -3.65. The summed E-state index contributed by atoms with van der Waals surface area (Å²) >= 11 is 0. The van der Waals surface area contributed by atoms with Crippen molar-refractivity contribution in [1.29, 1.82) is 5.26 Å². The molecule has 0 spiro atoms. The van der Waals surface area contributed by atoms with Crippen molar-refractivity contribution in [2.75, 3.05) is 11.9 Å². The fourth-order valence-corrected chi connectivity index (χ4v) is 4.49. The molecule has 0 radical (unpaired) electrons. The topological polar surface area (TPSA) is 116 Å². The molecular formula is C21H20F2N8O. The monoisotopic (exact) mass is 438 g/mol. The lowest BCUT2D eigenvalue weighted by Gasteiger charge is -2.38. The van der Waals surface area contributed by atoms with Gasteiger partial charge in [-0.3, -0.25) is 0 Å². The lowest BCUT2D eigenvalue weighted by atomic mass is 9.96. The van der Waals surface area contributed by atoms with E-state index in [9.17, 15) is 13.9 Å². The summed E-state index contributed by atoms with van der Waals surface area (Å²) in [6.45, 7) is 0. The van der Waals surface area contributed by atoms with Gasteiger partial charge in [-0.25, -0.2) is 18.4 Å². The number of piperidine rings is 1. The fourth-order valence-electron chi connectivity index (χ4n) is 4.49. The van der Waals surface area contributed by atoms with Gasteiger partial charge in [0.05, 0.1) is 29.7 Å². The van der Waals surface area contributed by atoms with E-state index in [1.807, 2.05) is 0 Å². The number of rotatable bonds is 4. The fraction of sp³-hybridized carbons (Fsp3) is 0.381. The maximum Gasteiger partial charge on any atom is 0.198 e. The van der Waals surface area contributed by atoms with E-state index in [4.69, 9.17) is 5.26 Å². The number of benzene rings is 1. The van der Waals surface area contributed by atoms with Gasteiger partial charge in [-0.15, -0.1) is 10.2 Å². The molecule has 2 bridgehead atoms. The molecule has 2 aliphatic rings. The maximum absolute atomic E-state index is 14.8. The Bertz CT molecular complexity index is 1190. The molecule has 0 amide bonds. The molecule has 4 atom stereocenters. The van der Waals surface area contributed by atoms with Gasteiger partial charge in [-0.2, -0.15) is 10.4 Å². The number of fused-ring (bicyclic) bond motifs is 2. The number of hydrogen-bond donors (Lipinski definition) is 2. The van der Waals surface area contributed by atoms with Crippen LogP contribution in [0, 0.1) is 17.1 Å². The number of anilines is 1. The normalized spacial score (nSPS) is 24.3. The second-order valence-corrected chi connectivity index (χ2v) is 8.13. The molecule has 2 aliphatic heterocycles. The lowest BCUT2D eigenvalue weighted by Crippen LogP contribution is -2.55. The number of halogens is 2. The summed E-state index contributed by atoms with van der Waals surface area (Å²) < 4.78 is 29.6. The smallest absolute Gasteiger partial charge is 0.198 e. The van der Waals surface area contributed by atoms with Gasteiger partial charge in [-0.1, -0.05) is 0 Å². The van der Waals surface area contributed by atoms with Gasteiger partial charge in [-0.05, 0) is 31.4 Å². The highest BCUT2D eigenvalue weighted by Gasteiger charge is 2.43. The van der Waals surface area contributed by atoms with Crippen molar-refractivity contribution in [1.82, 2.24) is 30.3 Å². The van der Waals surface area contributed by atoms with Crippen LogP contribution in [0.3, 0.4) is 0 Å². The summed E-state index contributed by atoms with van der Waals surface area (Å²) in [5, 5.41) is 34.7. The number of phenols is 1. The third kappa shape index (κ3) is 3.42. The Balaban J connectivity index is 1.36. The zero-order valence-electron chi connectivity index (χ0n) is 17.2. The quantitative estimate of drug-likeness (QED) is 0.636. The van der Waals surface area contributed by atoms with E-state index >= 15 is 0 Å². The van der Waals surface area contributed by atoms with Crippen molar-refractivity contribution in [2.24, 2.45) is 0 Å². The van der Waals surface area contributed by atoms with Crippen LogP contribution in [0.2, 0.25) is 0 Å². The average molecular weight is 438 g/mol. The molecule has 0 saturated carbocycles. The Morgan fingerprint density at radius 2 is 2.16 bits per heavy atom. The highest BCUT2D eigenvalue weighted by Crippen LogP contribution is 2.33. The number of alkyl halides is 1. The number of aromatic hydroxyl groups is 1. The van der Waals surface area contributed by atoms with Crippen molar-refractivity contribution in [3.05, 3.63) is 42.1 Å². The summed E-state index contributed by atoms with van der Waals surface area (Å²) in [7, 11) is 1.79. The molecule has 2 saturated heterocycles.